The van der Waals surface area contributed by atoms with E-state index in [1.165, 1.54) is 6.42 Å². The van der Waals surface area contributed by atoms with Crippen LogP contribution in [0, 0.1) is 0 Å². The van der Waals surface area contributed by atoms with Gasteiger partial charge in [0.05, 0.1) is 13.2 Å². The zero-order chi connectivity index (χ0) is 9.80. The van der Waals surface area contributed by atoms with Crippen LogP contribution in [0.4, 0.5) is 0 Å². The van der Waals surface area contributed by atoms with Gasteiger partial charge in [-0.2, -0.15) is 0 Å². The molecule has 1 amide bonds. The van der Waals surface area contributed by atoms with Crippen LogP contribution in [0.5, 0.6) is 0 Å². The molecule has 0 bridgehead atoms. The number of carbonyl (C=O) groups is 1. The van der Waals surface area contributed by atoms with E-state index in [0.717, 1.165) is 32.4 Å². The Morgan fingerprint density at radius 3 is 2.29 bits per heavy atom. The molecule has 4 heteroatoms. The van der Waals surface area contributed by atoms with E-state index >= 15 is 0 Å². The minimum absolute atomic E-state index is 0.0180. The molecule has 0 N–H and O–H groups in total. The first-order valence-corrected chi connectivity index (χ1v) is 5.40. The third-order valence-corrected chi connectivity index (χ3v) is 2.70. The number of piperidine rings is 1. The monoisotopic (exact) mass is 199 g/mol. The normalized spacial score (nSPS) is 25.0. The van der Waals surface area contributed by atoms with Crippen molar-refractivity contribution in [1.82, 2.24) is 4.90 Å². The SMILES string of the molecule is O=C(C1OCCCO1)N1CCCCC1. The van der Waals surface area contributed by atoms with Crippen LogP contribution in [0.25, 0.3) is 0 Å². The smallest absolute Gasteiger partial charge is 0.279 e. The molecule has 0 aromatic rings. The first kappa shape index (κ1) is 9.93. The van der Waals surface area contributed by atoms with Gasteiger partial charge in [-0.1, -0.05) is 0 Å². The third kappa shape index (κ3) is 2.25. The number of amides is 1. The summed E-state index contributed by atoms with van der Waals surface area (Å²) in [7, 11) is 0. The van der Waals surface area contributed by atoms with Gasteiger partial charge in [0.1, 0.15) is 0 Å². The molecule has 2 saturated heterocycles. The van der Waals surface area contributed by atoms with Crippen molar-refractivity contribution >= 4 is 5.91 Å². The summed E-state index contributed by atoms with van der Waals surface area (Å²) in [5.74, 6) is 0.0180. The molecule has 2 aliphatic heterocycles. The average Bonchev–Trinajstić information content (AvgIpc) is 2.30. The van der Waals surface area contributed by atoms with Crippen molar-refractivity contribution in [2.24, 2.45) is 0 Å². The second-order valence-electron chi connectivity index (χ2n) is 3.81. The van der Waals surface area contributed by atoms with Crippen LogP contribution < -0.4 is 0 Å². The van der Waals surface area contributed by atoms with E-state index in [4.69, 9.17) is 9.47 Å². The highest BCUT2D eigenvalue weighted by Crippen LogP contribution is 2.13. The molecule has 4 nitrogen and oxygen atoms in total. The first-order chi connectivity index (χ1) is 6.88. The maximum atomic E-state index is 11.8. The van der Waals surface area contributed by atoms with Crippen molar-refractivity contribution < 1.29 is 14.3 Å². The number of rotatable bonds is 1. The molecule has 2 fully saturated rings. The predicted octanol–water partition coefficient (Wildman–Crippen LogP) is 0.762. The lowest BCUT2D eigenvalue weighted by Crippen LogP contribution is -2.45. The van der Waals surface area contributed by atoms with Crippen molar-refractivity contribution in [3.05, 3.63) is 0 Å². The lowest BCUT2D eigenvalue weighted by atomic mass is 10.1. The van der Waals surface area contributed by atoms with Gasteiger partial charge < -0.3 is 14.4 Å². The Morgan fingerprint density at radius 1 is 1.00 bits per heavy atom. The molecule has 80 valence electrons. The summed E-state index contributed by atoms with van der Waals surface area (Å²) >= 11 is 0. The Bertz CT molecular complexity index is 176. The van der Waals surface area contributed by atoms with Gasteiger partial charge in [0.2, 0.25) is 6.29 Å². The van der Waals surface area contributed by atoms with E-state index in [1.807, 2.05) is 4.90 Å². The Kier molecular flexibility index (Phi) is 3.37. The molecule has 2 aliphatic rings. The number of ether oxygens (including phenoxy) is 2. The number of carbonyl (C=O) groups excluding carboxylic acids is 1. The van der Waals surface area contributed by atoms with E-state index < -0.39 is 6.29 Å². The van der Waals surface area contributed by atoms with E-state index in [1.54, 1.807) is 0 Å². The molecule has 0 aliphatic carbocycles. The summed E-state index contributed by atoms with van der Waals surface area (Å²) in [6, 6.07) is 0. The molecule has 0 spiro atoms. The lowest BCUT2D eigenvalue weighted by Gasteiger charge is -2.31. The van der Waals surface area contributed by atoms with E-state index in [9.17, 15) is 4.79 Å². The molecule has 14 heavy (non-hydrogen) atoms. The van der Waals surface area contributed by atoms with Crippen LogP contribution in [0.1, 0.15) is 25.7 Å². The Balaban J connectivity index is 1.85. The van der Waals surface area contributed by atoms with Crippen LogP contribution >= 0.6 is 0 Å². The topological polar surface area (TPSA) is 38.8 Å². The second kappa shape index (κ2) is 4.75. The molecular formula is C10H17NO3. The van der Waals surface area contributed by atoms with Gasteiger partial charge in [-0.3, -0.25) is 4.79 Å². The average molecular weight is 199 g/mol. The summed E-state index contributed by atoms with van der Waals surface area (Å²) in [5.41, 5.74) is 0. The second-order valence-corrected chi connectivity index (χ2v) is 3.81. The van der Waals surface area contributed by atoms with E-state index in [-0.39, 0.29) is 5.91 Å². The van der Waals surface area contributed by atoms with Gasteiger partial charge in [0.25, 0.3) is 5.91 Å². The largest absolute Gasteiger partial charge is 0.344 e. The van der Waals surface area contributed by atoms with Gasteiger partial charge >= 0.3 is 0 Å². The molecule has 2 heterocycles. The molecule has 0 saturated carbocycles. The van der Waals surface area contributed by atoms with Gasteiger partial charge in [-0.05, 0) is 25.7 Å². The molecule has 2 rings (SSSR count). The minimum atomic E-state index is -0.623. The highest BCUT2D eigenvalue weighted by atomic mass is 16.7. The van der Waals surface area contributed by atoms with Gasteiger partial charge in [-0.25, -0.2) is 0 Å². The van der Waals surface area contributed by atoms with Crippen molar-refractivity contribution in [2.45, 2.75) is 32.0 Å². The highest BCUT2D eigenvalue weighted by molar-refractivity contribution is 5.79. The summed E-state index contributed by atoms with van der Waals surface area (Å²) in [6.07, 6.45) is 3.72. The zero-order valence-corrected chi connectivity index (χ0v) is 8.41. The number of hydrogen-bond donors (Lipinski definition) is 0. The van der Waals surface area contributed by atoms with Crippen LogP contribution in [-0.4, -0.2) is 43.4 Å². The molecule has 0 atom stereocenters. The highest BCUT2D eigenvalue weighted by Gasteiger charge is 2.28. The summed E-state index contributed by atoms with van der Waals surface area (Å²) < 4.78 is 10.6. The fourth-order valence-corrected chi connectivity index (χ4v) is 1.89. The third-order valence-electron chi connectivity index (χ3n) is 2.70. The number of hydrogen-bond acceptors (Lipinski definition) is 3. The summed E-state index contributed by atoms with van der Waals surface area (Å²) in [5, 5.41) is 0. The van der Waals surface area contributed by atoms with Crippen molar-refractivity contribution in [3.63, 3.8) is 0 Å². The van der Waals surface area contributed by atoms with E-state index in [0.29, 0.717) is 13.2 Å². The summed E-state index contributed by atoms with van der Waals surface area (Å²) in [4.78, 5) is 13.7. The van der Waals surface area contributed by atoms with Gasteiger partial charge in [0, 0.05) is 13.1 Å². The van der Waals surface area contributed by atoms with Crippen LogP contribution in [0.2, 0.25) is 0 Å². The Labute approximate surface area is 84.2 Å². The van der Waals surface area contributed by atoms with Gasteiger partial charge in [0.15, 0.2) is 0 Å². The maximum absolute atomic E-state index is 11.8. The zero-order valence-electron chi connectivity index (χ0n) is 8.41. The quantitative estimate of drug-likeness (QED) is 0.626. The maximum Gasteiger partial charge on any atom is 0.279 e. The first-order valence-electron chi connectivity index (χ1n) is 5.40. The van der Waals surface area contributed by atoms with Crippen molar-refractivity contribution in [2.75, 3.05) is 26.3 Å². The lowest BCUT2D eigenvalue weighted by molar-refractivity contribution is -0.199. The van der Waals surface area contributed by atoms with Crippen LogP contribution in [0.15, 0.2) is 0 Å². The number of likely N-dealkylation sites (tertiary alicyclic amines) is 1. The van der Waals surface area contributed by atoms with Gasteiger partial charge in [-0.15, -0.1) is 0 Å². The van der Waals surface area contributed by atoms with Crippen LogP contribution in [-0.2, 0) is 14.3 Å². The fourth-order valence-electron chi connectivity index (χ4n) is 1.89. The summed E-state index contributed by atoms with van der Waals surface area (Å²) in [6.45, 7) is 3.01. The Hall–Kier alpha value is -0.610. The molecule has 0 aromatic carbocycles. The predicted molar refractivity (Wildman–Crippen MR) is 50.7 cm³/mol. The standard InChI is InChI=1S/C10H17NO3/c12-9(10-13-7-4-8-14-10)11-5-2-1-3-6-11/h10H,1-8H2. The fraction of sp³-hybridized carbons (Fsp3) is 0.900. The number of nitrogens with zero attached hydrogens (tertiary/aromatic N) is 1. The van der Waals surface area contributed by atoms with Crippen molar-refractivity contribution in [3.8, 4) is 0 Å². The van der Waals surface area contributed by atoms with E-state index in [2.05, 4.69) is 0 Å². The minimum Gasteiger partial charge on any atom is -0.344 e. The van der Waals surface area contributed by atoms with Crippen LogP contribution in [0.3, 0.4) is 0 Å². The molecular weight excluding hydrogens is 182 g/mol. The molecule has 0 radical (unpaired) electrons. The molecule has 0 aromatic heterocycles. The van der Waals surface area contributed by atoms with Crippen molar-refractivity contribution in [1.29, 1.82) is 0 Å². The Morgan fingerprint density at radius 2 is 1.64 bits per heavy atom. The molecule has 0 unspecified atom stereocenters.